The van der Waals surface area contributed by atoms with E-state index in [4.69, 9.17) is 53.1 Å². The molecule has 0 aromatic rings. The third kappa shape index (κ3) is 27.4. The number of urea groups is 2. The summed E-state index contributed by atoms with van der Waals surface area (Å²) in [4.78, 5) is 31.1. The van der Waals surface area contributed by atoms with Crippen LogP contribution < -0.4 is 10.6 Å². The van der Waals surface area contributed by atoms with E-state index in [-0.39, 0.29) is 12.1 Å². The van der Waals surface area contributed by atoms with Gasteiger partial charge in [-0.1, -0.05) is 12.8 Å². The molecule has 0 rings (SSSR count). The summed E-state index contributed by atoms with van der Waals surface area (Å²) in [5, 5.41) is 6.32. The lowest BCUT2D eigenvalue weighted by Gasteiger charge is -2.31. The molecule has 0 fully saturated rings. The third-order valence-corrected chi connectivity index (χ3v) is 22.9. The molecule has 66 heavy (non-hydrogen) atoms. The van der Waals surface area contributed by atoms with Gasteiger partial charge in [-0.25, -0.2) is 9.59 Å². The van der Waals surface area contributed by atoms with Crippen LogP contribution in [0.2, 0.25) is 24.2 Å². The van der Waals surface area contributed by atoms with Crippen LogP contribution in [0, 0.1) is 0 Å². The van der Waals surface area contributed by atoms with Gasteiger partial charge in [-0.15, -0.1) is 0 Å². The van der Waals surface area contributed by atoms with Gasteiger partial charge >= 0.3 is 47.3 Å². The zero-order chi connectivity index (χ0) is 49.4. The summed E-state index contributed by atoms with van der Waals surface area (Å²) in [5.74, 6) is 0. The highest BCUT2D eigenvalue weighted by Crippen LogP contribution is 2.23. The van der Waals surface area contributed by atoms with Gasteiger partial charge in [0.25, 0.3) is 0 Å². The van der Waals surface area contributed by atoms with Crippen molar-refractivity contribution in [2.24, 2.45) is 0 Å². The van der Waals surface area contributed by atoms with Crippen molar-refractivity contribution in [2.45, 2.75) is 159 Å². The molecule has 2 N–H and O–H groups in total. The molecule has 0 saturated carbocycles. The molecule has 0 aliphatic heterocycles. The fraction of sp³-hybridized carbons (Fsp3) is 0.955. The number of unbranched alkanes of at least 4 members (excludes halogenated alkanes) is 3. The second kappa shape index (κ2) is 40.6. The van der Waals surface area contributed by atoms with Crippen molar-refractivity contribution in [3.8, 4) is 0 Å². The highest BCUT2D eigenvalue weighted by molar-refractivity contribution is 6.61. The van der Waals surface area contributed by atoms with Crippen molar-refractivity contribution in [3.05, 3.63) is 0 Å². The highest BCUT2D eigenvalue weighted by Gasteiger charge is 2.43. The standard InChI is InChI=1S/C44H98N4O14Si4/c1-13-51-63(52-14-2,53-15-3)39-29-35-47(36-30-40-64(54-16-4,55-17-5)56-18-6)43(49)45-33-27-25-26-28-34-46-44(50)48(37-31-41-65(57-19-7,58-20-8)59-21-9)38-32-42-66(60-22-10,61-23-11)62-24-12/h13-42H2,1-12H3,(H,45,49)(H,46,50). The summed E-state index contributed by atoms with van der Waals surface area (Å²) in [6.45, 7) is 32.7. The van der Waals surface area contributed by atoms with Crippen LogP contribution in [0.5, 0.6) is 0 Å². The number of rotatable bonds is 47. The second-order valence-electron chi connectivity index (χ2n) is 15.2. The van der Waals surface area contributed by atoms with Gasteiger partial charge in [-0.05, 0) is 122 Å². The van der Waals surface area contributed by atoms with Gasteiger partial charge in [0, 0.05) is 143 Å². The number of nitrogens with zero attached hydrogens (tertiary/aromatic N) is 2. The fourth-order valence-corrected chi connectivity index (χ4v) is 18.2. The summed E-state index contributed by atoms with van der Waals surface area (Å²) in [6.07, 6.45) is 6.18. The third-order valence-electron chi connectivity index (χ3n) is 10.2. The van der Waals surface area contributed by atoms with Crippen LogP contribution in [0.1, 0.15) is 134 Å². The van der Waals surface area contributed by atoms with E-state index in [1.165, 1.54) is 0 Å². The molecule has 4 amide bonds. The zero-order valence-electron chi connectivity index (χ0n) is 43.8. The lowest BCUT2D eigenvalue weighted by atomic mass is 10.2. The Balaban J connectivity index is 5.55. The van der Waals surface area contributed by atoms with Crippen molar-refractivity contribution in [1.29, 1.82) is 0 Å². The SMILES string of the molecule is CCO[Si](CCCN(CCC[Si](OCC)(OCC)OCC)C(=O)NCCCCCCNC(=O)N(CCC[Si](OCC)(OCC)OCC)CCC[Si](OCC)(OCC)OCC)(OCC)OCC. The lowest BCUT2D eigenvalue weighted by molar-refractivity contribution is 0.0682. The van der Waals surface area contributed by atoms with Crippen molar-refractivity contribution in [2.75, 3.05) is 119 Å². The topological polar surface area (TPSA) is 175 Å². The summed E-state index contributed by atoms with van der Waals surface area (Å²) in [7, 11) is -11.4. The Hall–Kier alpha value is -1.07. The predicted molar refractivity (Wildman–Crippen MR) is 269 cm³/mol. The van der Waals surface area contributed by atoms with E-state index >= 15 is 0 Å². The maximum absolute atomic E-state index is 13.7. The molecule has 22 heteroatoms. The first-order valence-corrected chi connectivity index (χ1v) is 33.4. The van der Waals surface area contributed by atoms with E-state index in [9.17, 15) is 9.59 Å². The van der Waals surface area contributed by atoms with Crippen molar-refractivity contribution in [1.82, 2.24) is 20.4 Å². The van der Waals surface area contributed by atoms with Gasteiger partial charge < -0.3 is 73.5 Å². The molecular weight excluding hydrogens is 921 g/mol. The first-order valence-electron chi connectivity index (χ1n) is 25.6. The summed E-state index contributed by atoms with van der Waals surface area (Å²) < 4.78 is 73.0. The predicted octanol–water partition coefficient (Wildman–Crippen LogP) is 8.32. The second-order valence-corrected chi connectivity index (χ2v) is 26.1. The minimum atomic E-state index is -2.86. The molecule has 0 spiro atoms. The Morgan fingerprint density at radius 2 is 0.485 bits per heavy atom. The zero-order valence-corrected chi connectivity index (χ0v) is 47.8. The minimum absolute atomic E-state index is 0.109. The molecule has 0 aromatic carbocycles. The highest BCUT2D eigenvalue weighted by atomic mass is 28.4. The molecule has 0 bridgehead atoms. The number of carbonyl (C=O) groups is 2. The van der Waals surface area contributed by atoms with Gasteiger partial charge in [0.05, 0.1) is 0 Å². The summed E-state index contributed by atoms with van der Waals surface area (Å²) in [6, 6.07) is 2.25. The molecule has 0 aliphatic carbocycles. The number of hydrogen-bond acceptors (Lipinski definition) is 14. The number of hydrogen-bond donors (Lipinski definition) is 2. The Labute approximate surface area is 406 Å². The quantitative estimate of drug-likeness (QED) is 0.0440. The number of carbonyl (C=O) groups excluding carboxylic acids is 2. The van der Waals surface area contributed by atoms with E-state index in [1.807, 2.05) is 92.9 Å². The van der Waals surface area contributed by atoms with E-state index in [0.717, 1.165) is 25.7 Å². The molecule has 0 radical (unpaired) electrons. The first-order chi connectivity index (χ1) is 31.9. The molecule has 18 nitrogen and oxygen atoms in total. The average Bonchev–Trinajstić information content (AvgIpc) is 3.27. The first kappa shape index (κ1) is 64.9. The average molecular weight is 1020 g/mol. The fourth-order valence-electron chi connectivity index (χ4n) is 7.80. The molecule has 0 heterocycles. The molecule has 0 saturated heterocycles. The molecule has 394 valence electrons. The Morgan fingerprint density at radius 1 is 0.303 bits per heavy atom. The van der Waals surface area contributed by atoms with Gasteiger partial charge in [0.2, 0.25) is 0 Å². The number of nitrogens with one attached hydrogen (secondary N) is 2. The largest absolute Gasteiger partial charge is 0.500 e. The van der Waals surface area contributed by atoms with Crippen LogP contribution in [0.15, 0.2) is 0 Å². The van der Waals surface area contributed by atoms with Gasteiger partial charge in [0.1, 0.15) is 0 Å². The van der Waals surface area contributed by atoms with Gasteiger partial charge in [-0.2, -0.15) is 0 Å². The van der Waals surface area contributed by atoms with Crippen LogP contribution in [-0.4, -0.2) is 176 Å². The van der Waals surface area contributed by atoms with Crippen molar-refractivity contribution >= 4 is 47.3 Å². The lowest BCUT2D eigenvalue weighted by Crippen LogP contribution is -2.48. The van der Waals surface area contributed by atoms with Crippen molar-refractivity contribution in [3.63, 3.8) is 0 Å². The van der Waals surface area contributed by atoms with E-state index in [1.54, 1.807) is 0 Å². The van der Waals surface area contributed by atoms with Crippen LogP contribution in [0.4, 0.5) is 9.59 Å². The van der Waals surface area contributed by atoms with E-state index < -0.39 is 35.2 Å². The number of amides is 4. The molecule has 0 aromatic heterocycles. The Bertz CT molecular complexity index is 961. The Kier molecular flexibility index (Phi) is 40.0. The minimum Gasteiger partial charge on any atom is -0.374 e. The van der Waals surface area contributed by atoms with Crippen LogP contribution >= 0.6 is 0 Å². The van der Waals surface area contributed by atoms with Gasteiger partial charge in [0.15, 0.2) is 0 Å². The molecule has 0 unspecified atom stereocenters. The summed E-state index contributed by atoms with van der Waals surface area (Å²) in [5.41, 5.74) is 0. The monoisotopic (exact) mass is 1020 g/mol. The normalized spacial score (nSPS) is 12.5. The maximum Gasteiger partial charge on any atom is 0.500 e. The van der Waals surface area contributed by atoms with Gasteiger partial charge in [-0.3, -0.25) is 0 Å². The molecular formula is C44H98N4O14Si4. The Morgan fingerprint density at radius 3 is 0.652 bits per heavy atom. The molecule has 0 aliphatic rings. The van der Waals surface area contributed by atoms with Crippen LogP contribution in [0.25, 0.3) is 0 Å². The maximum atomic E-state index is 13.7. The van der Waals surface area contributed by atoms with Crippen LogP contribution in [0.3, 0.4) is 0 Å². The van der Waals surface area contributed by atoms with Crippen LogP contribution in [-0.2, 0) is 53.1 Å². The summed E-state index contributed by atoms with van der Waals surface area (Å²) >= 11 is 0. The smallest absolute Gasteiger partial charge is 0.374 e. The molecule has 0 atom stereocenters. The van der Waals surface area contributed by atoms with E-state index in [0.29, 0.717) is 168 Å². The van der Waals surface area contributed by atoms with E-state index in [2.05, 4.69) is 10.6 Å². The van der Waals surface area contributed by atoms with Crippen molar-refractivity contribution < 1.29 is 62.7 Å².